The minimum atomic E-state index is -0.333. The minimum absolute atomic E-state index is 0.0985. The zero-order valence-corrected chi connectivity index (χ0v) is 22.3. The molecule has 0 unspecified atom stereocenters. The number of imide groups is 1. The van der Waals surface area contributed by atoms with Gasteiger partial charge < -0.3 is 9.80 Å². The third-order valence-corrected chi connectivity index (χ3v) is 7.99. The summed E-state index contributed by atoms with van der Waals surface area (Å²) in [5.74, 6) is -0.333. The van der Waals surface area contributed by atoms with Gasteiger partial charge in [0.15, 0.2) is 0 Å². The number of hydrogen-bond donors (Lipinski definition) is 1. The first kappa shape index (κ1) is 24.4. The maximum atomic E-state index is 12.1. The van der Waals surface area contributed by atoms with Gasteiger partial charge in [0.1, 0.15) is 0 Å². The molecular weight excluding hydrogens is 442 g/mol. The van der Waals surface area contributed by atoms with E-state index in [1.807, 2.05) is 6.07 Å². The molecule has 2 aromatic carbocycles. The van der Waals surface area contributed by atoms with Crippen LogP contribution in [-0.2, 0) is 15.6 Å². The summed E-state index contributed by atoms with van der Waals surface area (Å²) in [6.07, 6.45) is 4.12. The summed E-state index contributed by atoms with van der Waals surface area (Å²) in [5, 5.41) is 2.02. The second-order valence-electron chi connectivity index (χ2n) is 11.1. The van der Waals surface area contributed by atoms with E-state index in [0.717, 1.165) is 35.0 Å². The molecule has 2 aromatic rings. The second kappa shape index (κ2) is 8.49. The van der Waals surface area contributed by atoms with E-state index in [4.69, 9.17) is 0 Å². The molecule has 1 N–H and O–H groups in total. The van der Waals surface area contributed by atoms with E-state index >= 15 is 0 Å². The molecule has 1 fully saturated rings. The topological polar surface area (TPSA) is 52.7 Å². The number of thioether (sulfide) groups is 1. The molecular formula is C28H35N3O2S. The predicted molar refractivity (Wildman–Crippen MR) is 145 cm³/mol. The Morgan fingerprint density at radius 2 is 1.38 bits per heavy atom. The van der Waals surface area contributed by atoms with Crippen molar-refractivity contribution in [3.8, 4) is 11.1 Å². The first-order valence-electron chi connectivity index (χ1n) is 11.7. The summed E-state index contributed by atoms with van der Waals surface area (Å²) in [6.45, 7) is 9.40. The van der Waals surface area contributed by atoms with Crippen LogP contribution in [0.1, 0.15) is 57.2 Å². The van der Waals surface area contributed by atoms with Crippen LogP contribution in [0.15, 0.2) is 35.2 Å². The summed E-state index contributed by atoms with van der Waals surface area (Å²) in [4.78, 5) is 28.5. The van der Waals surface area contributed by atoms with Gasteiger partial charge in [0.25, 0.3) is 11.1 Å². The van der Waals surface area contributed by atoms with Gasteiger partial charge in [0.2, 0.25) is 0 Å². The van der Waals surface area contributed by atoms with Crippen molar-refractivity contribution in [1.82, 2.24) is 5.32 Å². The molecule has 6 heteroatoms. The highest BCUT2D eigenvalue weighted by Gasteiger charge is 2.38. The van der Waals surface area contributed by atoms with Gasteiger partial charge in [-0.25, -0.2) is 0 Å². The molecule has 1 heterocycles. The van der Waals surface area contributed by atoms with Gasteiger partial charge in [0.05, 0.1) is 4.91 Å². The zero-order valence-electron chi connectivity index (χ0n) is 21.5. The molecule has 4 rings (SSSR count). The molecule has 0 bridgehead atoms. The largest absolute Gasteiger partial charge is 0.377 e. The lowest BCUT2D eigenvalue weighted by atomic mass is 9.62. The Labute approximate surface area is 207 Å². The minimum Gasteiger partial charge on any atom is -0.377 e. The highest BCUT2D eigenvalue weighted by Crippen LogP contribution is 2.50. The van der Waals surface area contributed by atoms with Crippen molar-refractivity contribution in [2.24, 2.45) is 0 Å². The van der Waals surface area contributed by atoms with Crippen LogP contribution >= 0.6 is 11.8 Å². The monoisotopic (exact) mass is 477 g/mol. The number of nitrogens with zero attached hydrogens (tertiary/aromatic N) is 2. The quantitative estimate of drug-likeness (QED) is 0.535. The van der Waals surface area contributed by atoms with Gasteiger partial charge in [0, 0.05) is 50.7 Å². The SMILES string of the molecule is CN(C)c1ccc(/C=C2/SC(=O)NC2=O)cc1-c1cc2c(cc1N(C)C)C(C)(C)CCC2(C)C. The molecule has 34 heavy (non-hydrogen) atoms. The van der Waals surface area contributed by atoms with Crippen LogP contribution in [0.2, 0.25) is 0 Å². The highest BCUT2D eigenvalue weighted by atomic mass is 32.2. The molecule has 0 saturated carbocycles. The lowest BCUT2D eigenvalue weighted by Gasteiger charge is -2.43. The molecule has 1 aliphatic carbocycles. The number of hydrogen-bond acceptors (Lipinski definition) is 5. The Bertz CT molecular complexity index is 1210. The highest BCUT2D eigenvalue weighted by molar-refractivity contribution is 8.18. The van der Waals surface area contributed by atoms with Crippen molar-refractivity contribution >= 4 is 40.4 Å². The summed E-state index contributed by atoms with van der Waals surface area (Å²) < 4.78 is 0. The third kappa shape index (κ3) is 4.36. The normalized spacial score (nSPS) is 19.7. The van der Waals surface area contributed by atoms with E-state index in [2.05, 4.69) is 95.3 Å². The van der Waals surface area contributed by atoms with Gasteiger partial charge in [-0.2, -0.15) is 0 Å². The molecule has 180 valence electrons. The number of fused-ring (bicyclic) bond motifs is 1. The van der Waals surface area contributed by atoms with Crippen molar-refractivity contribution in [2.45, 2.75) is 51.4 Å². The first-order valence-corrected chi connectivity index (χ1v) is 12.5. The Balaban J connectivity index is 1.97. The van der Waals surface area contributed by atoms with Gasteiger partial charge in [-0.1, -0.05) is 33.8 Å². The Morgan fingerprint density at radius 1 is 0.824 bits per heavy atom. The van der Waals surface area contributed by atoms with Crippen LogP contribution in [0.25, 0.3) is 17.2 Å². The number of carbonyl (C=O) groups is 2. The fraction of sp³-hybridized carbons (Fsp3) is 0.429. The molecule has 0 aromatic heterocycles. The fourth-order valence-electron chi connectivity index (χ4n) is 5.01. The summed E-state index contributed by atoms with van der Waals surface area (Å²) in [6, 6.07) is 11.0. The van der Waals surface area contributed by atoms with Crippen LogP contribution in [0.3, 0.4) is 0 Å². The molecule has 5 nitrogen and oxygen atoms in total. The summed E-state index contributed by atoms with van der Waals surface area (Å²) in [5.41, 5.74) is 8.55. The van der Waals surface area contributed by atoms with Crippen molar-refractivity contribution in [1.29, 1.82) is 0 Å². The van der Waals surface area contributed by atoms with Crippen molar-refractivity contribution in [3.05, 3.63) is 51.9 Å². The van der Waals surface area contributed by atoms with Gasteiger partial charge in [-0.3, -0.25) is 14.9 Å². The zero-order chi connectivity index (χ0) is 25.0. The number of rotatable bonds is 4. The van der Waals surface area contributed by atoms with Gasteiger partial charge in [-0.05, 0) is 82.5 Å². The van der Waals surface area contributed by atoms with Crippen LogP contribution < -0.4 is 15.1 Å². The Hall–Kier alpha value is -2.73. The predicted octanol–water partition coefficient (Wildman–Crippen LogP) is 6.16. The number of nitrogens with one attached hydrogen (secondary N) is 1. The van der Waals surface area contributed by atoms with Crippen molar-refractivity contribution in [3.63, 3.8) is 0 Å². The lowest BCUT2D eigenvalue weighted by Crippen LogP contribution is -2.34. The maximum absolute atomic E-state index is 12.1. The first-order chi connectivity index (χ1) is 15.8. The van der Waals surface area contributed by atoms with Gasteiger partial charge >= 0.3 is 0 Å². The van der Waals surface area contributed by atoms with Crippen LogP contribution in [0.5, 0.6) is 0 Å². The van der Waals surface area contributed by atoms with Crippen LogP contribution in [0, 0.1) is 0 Å². The molecule has 1 saturated heterocycles. The molecule has 0 radical (unpaired) electrons. The average molecular weight is 478 g/mol. The number of benzene rings is 2. The van der Waals surface area contributed by atoms with E-state index in [1.54, 1.807) is 6.08 Å². The average Bonchev–Trinajstić information content (AvgIpc) is 3.07. The smallest absolute Gasteiger partial charge is 0.290 e. The number of carbonyl (C=O) groups excluding carboxylic acids is 2. The standard InChI is InChI=1S/C28H35N3O2S/c1-27(2)11-12-28(3,4)21-16-23(31(7)8)19(15-20(21)27)18-13-17(9-10-22(18)30(5)6)14-24-25(32)29-26(33)34-24/h9-10,13-16H,11-12H2,1-8H3,(H,29,32,33)/b24-14+. The van der Waals surface area contributed by atoms with E-state index < -0.39 is 0 Å². The van der Waals surface area contributed by atoms with Crippen molar-refractivity contribution in [2.75, 3.05) is 38.0 Å². The van der Waals surface area contributed by atoms with Crippen LogP contribution in [-0.4, -0.2) is 39.3 Å². The Morgan fingerprint density at radius 3 is 1.91 bits per heavy atom. The molecule has 2 amide bonds. The third-order valence-electron chi connectivity index (χ3n) is 7.18. The Kier molecular flexibility index (Phi) is 6.09. The van der Waals surface area contributed by atoms with Crippen LogP contribution in [0.4, 0.5) is 16.2 Å². The second-order valence-corrected chi connectivity index (χ2v) is 12.1. The summed E-state index contributed by atoms with van der Waals surface area (Å²) in [7, 11) is 8.30. The number of anilines is 2. The van der Waals surface area contributed by atoms with E-state index in [9.17, 15) is 9.59 Å². The fourth-order valence-corrected chi connectivity index (χ4v) is 5.69. The summed E-state index contributed by atoms with van der Waals surface area (Å²) >= 11 is 0.950. The van der Waals surface area contributed by atoms with E-state index in [1.165, 1.54) is 28.8 Å². The lowest BCUT2D eigenvalue weighted by molar-refractivity contribution is -0.115. The molecule has 1 aliphatic heterocycles. The van der Waals surface area contributed by atoms with E-state index in [-0.39, 0.29) is 22.0 Å². The van der Waals surface area contributed by atoms with Gasteiger partial charge in [-0.15, -0.1) is 0 Å². The van der Waals surface area contributed by atoms with E-state index in [0.29, 0.717) is 4.91 Å². The van der Waals surface area contributed by atoms with Crippen molar-refractivity contribution < 1.29 is 9.59 Å². The number of amides is 2. The molecule has 0 atom stereocenters. The molecule has 0 spiro atoms. The maximum Gasteiger partial charge on any atom is 0.290 e. The molecule has 2 aliphatic rings.